The Bertz CT molecular complexity index is 270. The fraction of sp³-hybridized carbons (Fsp3) is 0.545. The van der Waals surface area contributed by atoms with Gasteiger partial charge in [-0.15, -0.1) is 0 Å². The molecule has 2 heterocycles. The van der Waals surface area contributed by atoms with Crippen molar-refractivity contribution < 1.29 is 9.84 Å². The van der Waals surface area contributed by atoms with Crippen LogP contribution in [0, 0.1) is 5.92 Å². The summed E-state index contributed by atoms with van der Waals surface area (Å²) in [6, 6.07) is 3.75. The van der Waals surface area contributed by atoms with Crippen LogP contribution in [0.5, 0.6) is 0 Å². The van der Waals surface area contributed by atoms with E-state index in [4.69, 9.17) is 4.74 Å². The molecular formula is C11H15NO2. The van der Waals surface area contributed by atoms with Crippen LogP contribution in [-0.4, -0.2) is 23.3 Å². The number of aliphatic hydroxyl groups is 1. The van der Waals surface area contributed by atoms with Gasteiger partial charge in [-0.2, -0.15) is 0 Å². The highest BCUT2D eigenvalue weighted by molar-refractivity contribution is 5.13. The van der Waals surface area contributed by atoms with Gasteiger partial charge in [-0.1, -0.05) is 0 Å². The molecule has 1 fully saturated rings. The van der Waals surface area contributed by atoms with Crippen LogP contribution >= 0.6 is 0 Å². The normalized spacial score (nSPS) is 20.6. The quantitative estimate of drug-likeness (QED) is 0.774. The van der Waals surface area contributed by atoms with Gasteiger partial charge < -0.3 is 9.84 Å². The van der Waals surface area contributed by atoms with Gasteiger partial charge in [0.2, 0.25) is 0 Å². The van der Waals surface area contributed by atoms with Crippen molar-refractivity contribution >= 4 is 0 Å². The van der Waals surface area contributed by atoms with E-state index in [1.807, 2.05) is 12.1 Å². The highest BCUT2D eigenvalue weighted by Gasteiger charge is 2.22. The van der Waals surface area contributed by atoms with Crippen LogP contribution in [0.4, 0.5) is 0 Å². The van der Waals surface area contributed by atoms with Crippen molar-refractivity contribution in [3.63, 3.8) is 0 Å². The van der Waals surface area contributed by atoms with Crippen molar-refractivity contribution in [1.29, 1.82) is 0 Å². The summed E-state index contributed by atoms with van der Waals surface area (Å²) in [5.41, 5.74) is 0.965. The predicted octanol–water partition coefficient (Wildman–Crippen LogP) is 1.54. The third kappa shape index (κ3) is 2.11. The summed E-state index contributed by atoms with van der Waals surface area (Å²) in [4.78, 5) is 3.94. The summed E-state index contributed by atoms with van der Waals surface area (Å²) in [6.45, 7) is 1.54. The molecule has 0 radical (unpaired) electrons. The molecule has 1 unspecified atom stereocenters. The zero-order chi connectivity index (χ0) is 9.80. The van der Waals surface area contributed by atoms with E-state index >= 15 is 0 Å². The van der Waals surface area contributed by atoms with Crippen molar-refractivity contribution in [1.82, 2.24) is 4.98 Å². The minimum Gasteiger partial charge on any atom is -0.388 e. The molecule has 0 amide bonds. The zero-order valence-electron chi connectivity index (χ0n) is 8.10. The number of hydrogen-bond donors (Lipinski definition) is 1. The molecule has 1 aliphatic heterocycles. The van der Waals surface area contributed by atoms with Crippen LogP contribution in [0.15, 0.2) is 24.5 Å². The SMILES string of the molecule is OC(c1ccncc1)C1CCOCC1. The molecule has 0 aliphatic carbocycles. The number of aliphatic hydroxyl groups excluding tert-OH is 1. The van der Waals surface area contributed by atoms with E-state index in [1.165, 1.54) is 0 Å². The maximum Gasteiger partial charge on any atom is 0.0820 e. The molecule has 1 N–H and O–H groups in total. The second kappa shape index (κ2) is 4.53. The lowest BCUT2D eigenvalue weighted by molar-refractivity contribution is 0.00716. The molecule has 14 heavy (non-hydrogen) atoms. The van der Waals surface area contributed by atoms with Crippen LogP contribution in [-0.2, 0) is 4.74 Å². The third-order valence-electron chi connectivity index (χ3n) is 2.76. The maximum atomic E-state index is 10.1. The average molecular weight is 193 g/mol. The maximum absolute atomic E-state index is 10.1. The lowest BCUT2D eigenvalue weighted by Crippen LogP contribution is -2.21. The van der Waals surface area contributed by atoms with Gasteiger partial charge in [0.05, 0.1) is 6.10 Å². The highest BCUT2D eigenvalue weighted by atomic mass is 16.5. The van der Waals surface area contributed by atoms with E-state index in [0.717, 1.165) is 31.6 Å². The van der Waals surface area contributed by atoms with E-state index < -0.39 is 0 Å². The molecule has 0 aromatic carbocycles. The van der Waals surface area contributed by atoms with Gasteiger partial charge in [-0.3, -0.25) is 4.98 Å². The van der Waals surface area contributed by atoms with Crippen molar-refractivity contribution in [2.75, 3.05) is 13.2 Å². The summed E-state index contributed by atoms with van der Waals surface area (Å²) < 4.78 is 5.26. The predicted molar refractivity (Wildman–Crippen MR) is 52.7 cm³/mol. The molecule has 1 aliphatic rings. The fourth-order valence-electron chi connectivity index (χ4n) is 1.86. The Balaban J connectivity index is 2.03. The lowest BCUT2D eigenvalue weighted by atomic mass is 9.90. The molecule has 1 aromatic rings. The molecule has 0 saturated carbocycles. The van der Waals surface area contributed by atoms with E-state index in [0.29, 0.717) is 5.92 Å². The summed E-state index contributed by atoms with van der Waals surface area (Å²) in [5.74, 6) is 0.339. The molecule has 1 atom stereocenters. The number of ether oxygens (including phenoxy) is 1. The molecule has 0 spiro atoms. The fourth-order valence-corrected chi connectivity index (χ4v) is 1.86. The number of nitrogens with zero attached hydrogens (tertiary/aromatic N) is 1. The Morgan fingerprint density at radius 2 is 1.93 bits per heavy atom. The van der Waals surface area contributed by atoms with Crippen molar-refractivity contribution in [3.8, 4) is 0 Å². The molecule has 2 rings (SSSR count). The van der Waals surface area contributed by atoms with E-state index in [9.17, 15) is 5.11 Å². The van der Waals surface area contributed by atoms with Crippen LogP contribution in [0.25, 0.3) is 0 Å². The minimum atomic E-state index is -0.359. The Kier molecular flexibility index (Phi) is 3.11. The summed E-state index contributed by atoms with van der Waals surface area (Å²) in [7, 11) is 0. The number of hydrogen-bond acceptors (Lipinski definition) is 3. The Labute approximate surface area is 83.7 Å². The van der Waals surface area contributed by atoms with Crippen LogP contribution in [0.2, 0.25) is 0 Å². The first kappa shape index (κ1) is 9.62. The third-order valence-corrected chi connectivity index (χ3v) is 2.76. The van der Waals surface area contributed by atoms with E-state index in [-0.39, 0.29) is 6.10 Å². The van der Waals surface area contributed by atoms with Crippen LogP contribution in [0.3, 0.4) is 0 Å². The summed E-state index contributed by atoms with van der Waals surface area (Å²) in [5, 5.41) is 10.1. The average Bonchev–Trinajstić information content (AvgIpc) is 2.30. The molecule has 0 bridgehead atoms. The van der Waals surface area contributed by atoms with Gasteiger partial charge in [-0.25, -0.2) is 0 Å². The van der Waals surface area contributed by atoms with Gasteiger partial charge in [-0.05, 0) is 36.5 Å². The van der Waals surface area contributed by atoms with Crippen molar-refractivity contribution in [2.24, 2.45) is 5.92 Å². The number of pyridine rings is 1. The minimum absolute atomic E-state index is 0.339. The van der Waals surface area contributed by atoms with Crippen molar-refractivity contribution in [3.05, 3.63) is 30.1 Å². The summed E-state index contributed by atoms with van der Waals surface area (Å²) in [6.07, 6.45) is 4.98. The molecular weight excluding hydrogens is 178 g/mol. The first-order valence-corrected chi connectivity index (χ1v) is 5.03. The Morgan fingerprint density at radius 1 is 1.29 bits per heavy atom. The zero-order valence-corrected chi connectivity index (χ0v) is 8.10. The molecule has 1 saturated heterocycles. The topological polar surface area (TPSA) is 42.4 Å². The molecule has 3 heteroatoms. The van der Waals surface area contributed by atoms with Crippen LogP contribution < -0.4 is 0 Å². The monoisotopic (exact) mass is 193 g/mol. The second-order valence-electron chi connectivity index (χ2n) is 3.68. The Morgan fingerprint density at radius 3 is 2.57 bits per heavy atom. The first-order chi connectivity index (χ1) is 6.88. The van der Waals surface area contributed by atoms with Gasteiger partial charge in [0.15, 0.2) is 0 Å². The van der Waals surface area contributed by atoms with Crippen molar-refractivity contribution in [2.45, 2.75) is 18.9 Å². The smallest absolute Gasteiger partial charge is 0.0820 e. The molecule has 76 valence electrons. The Hall–Kier alpha value is -0.930. The standard InChI is InChI=1S/C11H15NO2/c13-11(9-1-5-12-6-2-9)10-3-7-14-8-4-10/h1-2,5-6,10-11,13H,3-4,7-8H2. The second-order valence-corrected chi connectivity index (χ2v) is 3.68. The largest absolute Gasteiger partial charge is 0.388 e. The first-order valence-electron chi connectivity index (χ1n) is 5.03. The number of aromatic nitrogens is 1. The van der Waals surface area contributed by atoms with E-state index in [1.54, 1.807) is 12.4 Å². The summed E-state index contributed by atoms with van der Waals surface area (Å²) >= 11 is 0. The highest BCUT2D eigenvalue weighted by Crippen LogP contribution is 2.29. The van der Waals surface area contributed by atoms with Crippen LogP contribution in [0.1, 0.15) is 24.5 Å². The van der Waals surface area contributed by atoms with Gasteiger partial charge in [0, 0.05) is 25.6 Å². The lowest BCUT2D eigenvalue weighted by Gasteiger charge is -2.26. The van der Waals surface area contributed by atoms with Gasteiger partial charge in [0.1, 0.15) is 0 Å². The molecule has 3 nitrogen and oxygen atoms in total. The molecule has 1 aromatic heterocycles. The van der Waals surface area contributed by atoms with Gasteiger partial charge in [0.25, 0.3) is 0 Å². The van der Waals surface area contributed by atoms with Gasteiger partial charge >= 0.3 is 0 Å². The van der Waals surface area contributed by atoms with E-state index in [2.05, 4.69) is 4.98 Å². The number of rotatable bonds is 2.